The third-order valence-corrected chi connectivity index (χ3v) is 6.57. The topological polar surface area (TPSA) is 59.8 Å². The van der Waals surface area contributed by atoms with Crippen molar-refractivity contribution in [2.24, 2.45) is 0 Å². The number of hydrogen-bond acceptors (Lipinski definition) is 5. The van der Waals surface area contributed by atoms with Crippen LogP contribution in [-0.2, 0) is 4.79 Å². The number of carbonyl (C=O) groups is 1. The molecule has 1 unspecified atom stereocenters. The monoisotopic (exact) mass is 466 g/mol. The SMILES string of the molecule is CC(Sc1nnc(-c2cccs2)n1C1CC1)C(=O)Nc1ccc(Br)cc1F. The molecule has 1 atom stereocenters. The van der Waals surface area contributed by atoms with Gasteiger partial charge in [-0.15, -0.1) is 21.5 Å². The quantitative estimate of drug-likeness (QED) is 0.496. The number of thioether (sulfide) groups is 1. The van der Waals surface area contributed by atoms with Crippen LogP contribution in [0.3, 0.4) is 0 Å². The first-order chi connectivity index (χ1) is 13.0. The fourth-order valence-electron chi connectivity index (χ4n) is 2.63. The van der Waals surface area contributed by atoms with Gasteiger partial charge >= 0.3 is 0 Å². The van der Waals surface area contributed by atoms with Crippen LogP contribution in [0.15, 0.2) is 45.3 Å². The Hall–Kier alpha value is -1.71. The Kier molecular flexibility index (Phi) is 5.34. The highest BCUT2D eigenvalue weighted by molar-refractivity contribution is 9.10. The van der Waals surface area contributed by atoms with Crippen molar-refractivity contribution in [3.8, 4) is 10.7 Å². The van der Waals surface area contributed by atoms with Crippen molar-refractivity contribution in [3.63, 3.8) is 0 Å². The van der Waals surface area contributed by atoms with Gasteiger partial charge in [0.15, 0.2) is 11.0 Å². The normalized spacial score (nSPS) is 14.9. The predicted octanol–water partition coefficient (Wildman–Crippen LogP) is 5.36. The van der Waals surface area contributed by atoms with Gasteiger partial charge in [0.2, 0.25) is 5.91 Å². The number of nitrogens with one attached hydrogen (secondary N) is 1. The Morgan fingerprint density at radius 3 is 2.89 bits per heavy atom. The minimum absolute atomic E-state index is 0.165. The maximum atomic E-state index is 14.0. The van der Waals surface area contributed by atoms with E-state index in [9.17, 15) is 9.18 Å². The van der Waals surface area contributed by atoms with Gasteiger partial charge < -0.3 is 5.32 Å². The van der Waals surface area contributed by atoms with Crippen molar-refractivity contribution < 1.29 is 9.18 Å². The lowest BCUT2D eigenvalue weighted by molar-refractivity contribution is -0.115. The average Bonchev–Trinajstić information content (AvgIpc) is 3.16. The third-order valence-electron chi connectivity index (χ3n) is 4.16. The van der Waals surface area contributed by atoms with E-state index in [0.29, 0.717) is 10.5 Å². The van der Waals surface area contributed by atoms with Crippen LogP contribution in [0.5, 0.6) is 0 Å². The van der Waals surface area contributed by atoms with Gasteiger partial charge in [-0.3, -0.25) is 9.36 Å². The van der Waals surface area contributed by atoms with E-state index < -0.39 is 11.1 Å². The van der Waals surface area contributed by atoms with Crippen LogP contribution in [0.4, 0.5) is 10.1 Å². The summed E-state index contributed by atoms with van der Waals surface area (Å²) < 4.78 is 16.7. The van der Waals surface area contributed by atoms with Crippen molar-refractivity contribution in [3.05, 3.63) is 46.0 Å². The van der Waals surface area contributed by atoms with Crippen LogP contribution in [0, 0.1) is 5.82 Å². The molecular weight excluding hydrogens is 451 g/mol. The molecule has 5 nitrogen and oxygen atoms in total. The highest BCUT2D eigenvalue weighted by atomic mass is 79.9. The van der Waals surface area contributed by atoms with E-state index in [1.807, 2.05) is 17.5 Å². The molecule has 1 fully saturated rings. The van der Waals surface area contributed by atoms with Gasteiger partial charge in [-0.2, -0.15) is 0 Å². The van der Waals surface area contributed by atoms with Crippen LogP contribution in [0.25, 0.3) is 10.7 Å². The molecule has 1 aliphatic carbocycles. The molecule has 0 spiro atoms. The second kappa shape index (κ2) is 7.73. The maximum absolute atomic E-state index is 14.0. The molecule has 9 heteroatoms. The summed E-state index contributed by atoms with van der Waals surface area (Å²) in [4.78, 5) is 13.6. The molecule has 1 aliphatic rings. The number of hydrogen-bond donors (Lipinski definition) is 1. The first-order valence-corrected chi connectivity index (χ1v) is 11.0. The molecule has 2 heterocycles. The van der Waals surface area contributed by atoms with Gasteiger partial charge in [0.1, 0.15) is 5.82 Å². The summed E-state index contributed by atoms with van der Waals surface area (Å²) in [5.41, 5.74) is 0.165. The minimum atomic E-state index is -0.476. The van der Waals surface area contributed by atoms with Crippen LogP contribution >= 0.6 is 39.0 Å². The lowest BCUT2D eigenvalue weighted by Crippen LogP contribution is -2.23. The number of rotatable bonds is 6. The fraction of sp³-hybridized carbons (Fsp3) is 0.278. The molecule has 1 N–H and O–H groups in total. The number of thiophene rings is 1. The molecule has 140 valence electrons. The molecule has 4 rings (SSSR count). The second-order valence-electron chi connectivity index (χ2n) is 6.26. The molecular formula is C18H16BrFN4OS2. The molecule has 3 aromatic rings. The fourth-order valence-corrected chi connectivity index (χ4v) is 4.59. The second-order valence-corrected chi connectivity index (χ2v) is 9.43. The zero-order valence-corrected chi connectivity index (χ0v) is 17.6. The summed E-state index contributed by atoms with van der Waals surface area (Å²) in [6.07, 6.45) is 2.18. The van der Waals surface area contributed by atoms with E-state index in [4.69, 9.17) is 0 Å². The summed E-state index contributed by atoms with van der Waals surface area (Å²) in [7, 11) is 0. The predicted molar refractivity (Wildman–Crippen MR) is 110 cm³/mol. The number of aromatic nitrogens is 3. The largest absolute Gasteiger partial charge is 0.323 e. The highest BCUT2D eigenvalue weighted by Gasteiger charge is 2.31. The van der Waals surface area contributed by atoms with Gasteiger partial charge in [0.05, 0.1) is 15.8 Å². The Labute approximate surface area is 172 Å². The van der Waals surface area contributed by atoms with Gasteiger partial charge in [0, 0.05) is 10.5 Å². The van der Waals surface area contributed by atoms with Crippen LogP contribution in [-0.4, -0.2) is 25.9 Å². The first kappa shape index (κ1) is 18.6. The molecule has 2 aromatic heterocycles. The number of anilines is 1. The van der Waals surface area contributed by atoms with Crippen LogP contribution < -0.4 is 5.32 Å². The van der Waals surface area contributed by atoms with Crippen molar-refractivity contribution >= 4 is 50.6 Å². The zero-order chi connectivity index (χ0) is 19.0. The van der Waals surface area contributed by atoms with Gasteiger partial charge in [0.25, 0.3) is 0 Å². The number of amides is 1. The minimum Gasteiger partial charge on any atom is -0.323 e. The van der Waals surface area contributed by atoms with Crippen molar-refractivity contribution in [1.29, 1.82) is 0 Å². The molecule has 0 saturated heterocycles. The van der Waals surface area contributed by atoms with E-state index in [1.165, 1.54) is 23.9 Å². The van der Waals surface area contributed by atoms with Gasteiger partial charge in [-0.1, -0.05) is 33.8 Å². The summed E-state index contributed by atoms with van der Waals surface area (Å²) in [6.45, 7) is 1.79. The highest BCUT2D eigenvalue weighted by Crippen LogP contribution is 2.42. The van der Waals surface area contributed by atoms with E-state index in [-0.39, 0.29) is 11.6 Å². The Balaban J connectivity index is 1.51. The maximum Gasteiger partial charge on any atom is 0.237 e. The lowest BCUT2D eigenvalue weighted by atomic mass is 10.3. The standard InChI is InChI=1S/C18H16BrFN4OS2/c1-10(17(25)21-14-7-4-11(19)9-13(14)20)27-18-23-22-16(15-3-2-8-26-15)24(18)12-5-6-12/h2-4,7-10,12H,5-6H2,1H3,(H,21,25). The molecule has 1 aromatic carbocycles. The summed E-state index contributed by atoms with van der Waals surface area (Å²) in [6, 6.07) is 8.95. The van der Waals surface area contributed by atoms with Crippen LogP contribution in [0.1, 0.15) is 25.8 Å². The Morgan fingerprint density at radius 2 is 2.22 bits per heavy atom. The summed E-state index contributed by atoms with van der Waals surface area (Å²) in [5.74, 6) is 0.0989. The number of halogens is 2. The first-order valence-electron chi connectivity index (χ1n) is 8.44. The number of benzene rings is 1. The van der Waals surface area contributed by atoms with E-state index in [0.717, 1.165) is 28.7 Å². The molecule has 27 heavy (non-hydrogen) atoms. The van der Waals surface area contributed by atoms with Crippen molar-refractivity contribution in [2.75, 3.05) is 5.32 Å². The van der Waals surface area contributed by atoms with Crippen molar-refractivity contribution in [2.45, 2.75) is 36.2 Å². The van der Waals surface area contributed by atoms with E-state index >= 15 is 0 Å². The van der Waals surface area contributed by atoms with Crippen molar-refractivity contribution in [1.82, 2.24) is 14.8 Å². The van der Waals surface area contributed by atoms with E-state index in [2.05, 4.69) is 36.0 Å². The molecule has 0 aliphatic heterocycles. The van der Waals surface area contributed by atoms with Gasteiger partial charge in [-0.05, 0) is 49.4 Å². The number of nitrogens with zero attached hydrogens (tertiary/aromatic N) is 3. The molecule has 1 saturated carbocycles. The summed E-state index contributed by atoms with van der Waals surface area (Å²) in [5, 5.41) is 13.6. The molecule has 0 bridgehead atoms. The smallest absolute Gasteiger partial charge is 0.237 e. The number of carbonyl (C=O) groups excluding carboxylic acids is 1. The zero-order valence-electron chi connectivity index (χ0n) is 14.4. The Bertz CT molecular complexity index is 972. The molecule has 0 radical (unpaired) electrons. The van der Waals surface area contributed by atoms with E-state index in [1.54, 1.807) is 24.3 Å². The molecule has 1 amide bonds. The summed E-state index contributed by atoms with van der Waals surface area (Å²) >= 11 is 6.17. The lowest BCUT2D eigenvalue weighted by Gasteiger charge is -2.13. The van der Waals surface area contributed by atoms with Gasteiger partial charge in [-0.25, -0.2) is 4.39 Å². The Morgan fingerprint density at radius 1 is 1.41 bits per heavy atom. The average molecular weight is 467 g/mol. The third kappa shape index (κ3) is 4.09. The van der Waals surface area contributed by atoms with Crippen LogP contribution in [0.2, 0.25) is 0 Å².